The van der Waals surface area contributed by atoms with E-state index in [-0.39, 0.29) is 0 Å². The van der Waals surface area contributed by atoms with Gasteiger partial charge in [0.15, 0.2) is 0 Å². The Morgan fingerprint density at radius 2 is 1.86 bits per heavy atom. The van der Waals surface area contributed by atoms with E-state index in [1.807, 2.05) is 7.05 Å². The summed E-state index contributed by atoms with van der Waals surface area (Å²) in [6.07, 6.45) is 2.11. The molecule has 0 radical (unpaired) electrons. The van der Waals surface area contributed by atoms with Gasteiger partial charge < -0.3 is 5.32 Å². The number of fused-ring (bicyclic) bond motifs is 1. The van der Waals surface area contributed by atoms with E-state index in [9.17, 15) is 0 Å². The van der Waals surface area contributed by atoms with E-state index in [4.69, 9.17) is 0 Å². The number of hydrogen-bond acceptors (Lipinski definition) is 2. The van der Waals surface area contributed by atoms with Crippen molar-refractivity contribution < 1.29 is 0 Å². The molecule has 1 nitrogen and oxygen atoms in total. The third-order valence-electron chi connectivity index (χ3n) is 2.35. The zero-order valence-electron chi connectivity index (χ0n) is 8.37. The van der Waals surface area contributed by atoms with Crippen molar-refractivity contribution in [3.63, 3.8) is 0 Å². The van der Waals surface area contributed by atoms with E-state index in [1.54, 1.807) is 11.8 Å². The normalized spacial score (nSPS) is 10.4. The second-order valence-electron chi connectivity index (χ2n) is 3.12. The SMILES string of the molecule is CNc1ccc2ccccc2c1SC. The van der Waals surface area contributed by atoms with E-state index >= 15 is 0 Å². The molecule has 0 heterocycles. The van der Waals surface area contributed by atoms with Crippen LogP contribution in [0.4, 0.5) is 5.69 Å². The van der Waals surface area contributed by atoms with Crippen LogP contribution in [-0.4, -0.2) is 13.3 Å². The highest BCUT2D eigenvalue weighted by atomic mass is 32.2. The lowest BCUT2D eigenvalue weighted by atomic mass is 10.1. The van der Waals surface area contributed by atoms with E-state index in [2.05, 4.69) is 48.0 Å². The summed E-state index contributed by atoms with van der Waals surface area (Å²) >= 11 is 1.79. The number of anilines is 1. The number of thioether (sulfide) groups is 1. The van der Waals surface area contributed by atoms with Gasteiger partial charge in [-0.15, -0.1) is 11.8 Å². The molecular formula is C12H13NS. The highest BCUT2D eigenvalue weighted by Gasteiger charge is 2.03. The number of hydrogen-bond donors (Lipinski definition) is 1. The second-order valence-corrected chi connectivity index (χ2v) is 3.93. The summed E-state index contributed by atoms with van der Waals surface area (Å²) in [4.78, 5) is 1.32. The first-order valence-corrected chi connectivity index (χ1v) is 5.83. The van der Waals surface area contributed by atoms with Crippen molar-refractivity contribution in [1.29, 1.82) is 0 Å². The first-order chi connectivity index (χ1) is 6.86. The second kappa shape index (κ2) is 3.93. The topological polar surface area (TPSA) is 12.0 Å². The van der Waals surface area contributed by atoms with Crippen LogP contribution in [0.2, 0.25) is 0 Å². The first kappa shape index (κ1) is 9.41. The van der Waals surface area contributed by atoms with Crippen molar-refractivity contribution in [2.75, 3.05) is 18.6 Å². The predicted molar refractivity (Wildman–Crippen MR) is 65.3 cm³/mol. The number of benzene rings is 2. The zero-order valence-corrected chi connectivity index (χ0v) is 9.19. The maximum absolute atomic E-state index is 3.22. The Labute approximate surface area is 88.5 Å². The molecule has 2 aromatic carbocycles. The third kappa shape index (κ3) is 1.46. The molecule has 0 aliphatic carbocycles. The highest BCUT2D eigenvalue weighted by molar-refractivity contribution is 7.99. The maximum Gasteiger partial charge on any atom is 0.0482 e. The van der Waals surface area contributed by atoms with Gasteiger partial charge in [0.25, 0.3) is 0 Å². The average molecular weight is 203 g/mol. The van der Waals surface area contributed by atoms with Gasteiger partial charge in [-0.3, -0.25) is 0 Å². The Balaban J connectivity index is 2.77. The summed E-state index contributed by atoms with van der Waals surface area (Å²) in [5.41, 5.74) is 1.20. The van der Waals surface area contributed by atoms with Crippen molar-refractivity contribution in [1.82, 2.24) is 0 Å². The molecule has 2 heteroatoms. The molecule has 0 aromatic heterocycles. The van der Waals surface area contributed by atoms with Crippen LogP contribution >= 0.6 is 11.8 Å². The third-order valence-corrected chi connectivity index (χ3v) is 3.20. The van der Waals surface area contributed by atoms with Gasteiger partial charge in [0.05, 0.1) is 0 Å². The number of rotatable bonds is 2. The minimum Gasteiger partial charge on any atom is -0.387 e. The molecule has 14 heavy (non-hydrogen) atoms. The molecule has 0 saturated carbocycles. The van der Waals surface area contributed by atoms with E-state index in [0.717, 1.165) is 0 Å². The van der Waals surface area contributed by atoms with Crippen LogP contribution in [0.15, 0.2) is 41.3 Å². The lowest BCUT2D eigenvalue weighted by Gasteiger charge is -2.09. The summed E-state index contributed by atoms with van der Waals surface area (Å²) in [6, 6.07) is 12.8. The Morgan fingerprint density at radius 1 is 1.07 bits per heavy atom. The van der Waals surface area contributed by atoms with Crippen LogP contribution in [0.25, 0.3) is 10.8 Å². The largest absolute Gasteiger partial charge is 0.387 e. The molecule has 0 bridgehead atoms. The Bertz CT molecular complexity index is 451. The minimum absolute atomic E-state index is 1.20. The van der Waals surface area contributed by atoms with Crippen molar-refractivity contribution >= 4 is 28.2 Å². The van der Waals surface area contributed by atoms with E-state index in [0.29, 0.717) is 0 Å². The molecule has 0 aliphatic heterocycles. The van der Waals surface area contributed by atoms with Crippen LogP contribution in [0.1, 0.15) is 0 Å². The summed E-state index contributed by atoms with van der Waals surface area (Å²) in [6.45, 7) is 0. The number of nitrogens with one attached hydrogen (secondary N) is 1. The lowest BCUT2D eigenvalue weighted by Crippen LogP contribution is -1.91. The van der Waals surface area contributed by atoms with Gasteiger partial charge in [-0.05, 0) is 23.1 Å². The Morgan fingerprint density at radius 3 is 2.57 bits per heavy atom. The molecule has 0 unspecified atom stereocenters. The molecule has 0 saturated heterocycles. The first-order valence-electron chi connectivity index (χ1n) is 4.60. The predicted octanol–water partition coefficient (Wildman–Crippen LogP) is 3.60. The van der Waals surface area contributed by atoms with Gasteiger partial charge in [0.2, 0.25) is 0 Å². The molecule has 0 atom stereocenters. The van der Waals surface area contributed by atoms with Crippen molar-refractivity contribution in [2.45, 2.75) is 4.90 Å². The minimum atomic E-state index is 1.20. The van der Waals surface area contributed by atoms with Crippen LogP contribution < -0.4 is 5.32 Å². The van der Waals surface area contributed by atoms with Crippen molar-refractivity contribution in [3.8, 4) is 0 Å². The molecular weight excluding hydrogens is 190 g/mol. The quantitative estimate of drug-likeness (QED) is 0.748. The fraction of sp³-hybridized carbons (Fsp3) is 0.167. The van der Waals surface area contributed by atoms with Crippen LogP contribution in [-0.2, 0) is 0 Å². The molecule has 1 N–H and O–H groups in total. The van der Waals surface area contributed by atoms with Crippen LogP contribution in [0.3, 0.4) is 0 Å². The summed E-state index contributed by atoms with van der Waals surface area (Å²) in [5.74, 6) is 0. The summed E-state index contributed by atoms with van der Waals surface area (Å²) < 4.78 is 0. The zero-order chi connectivity index (χ0) is 9.97. The standard InChI is InChI=1S/C12H13NS/c1-13-11-8-7-9-5-3-4-6-10(9)12(11)14-2/h3-8,13H,1-2H3. The Hall–Kier alpha value is -1.15. The van der Waals surface area contributed by atoms with E-state index in [1.165, 1.54) is 21.4 Å². The van der Waals surface area contributed by atoms with Gasteiger partial charge in [-0.25, -0.2) is 0 Å². The van der Waals surface area contributed by atoms with Crippen molar-refractivity contribution in [2.24, 2.45) is 0 Å². The van der Waals surface area contributed by atoms with Gasteiger partial charge in [0, 0.05) is 17.6 Å². The van der Waals surface area contributed by atoms with Gasteiger partial charge in [-0.1, -0.05) is 30.3 Å². The lowest BCUT2D eigenvalue weighted by molar-refractivity contribution is 1.43. The maximum atomic E-state index is 3.22. The summed E-state index contributed by atoms with van der Waals surface area (Å²) in [5, 5.41) is 5.85. The molecule has 0 aliphatic rings. The average Bonchev–Trinajstić information content (AvgIpc) is 2.27. The van der Waals surface area contributed by atoms with E-state index < -0.39 is 0 Å². The Kier molecular flexibility index (Phi) is 2.64. The smallest absolute Gasteiger partial charge is 0.0482 e. The highest BCUT2D eigenvalue weighted by Crippen LogP contribution is 2.32. The molecule has 2 rings (SSSR count). The van der Waals surface area contributed by atoms with Crippen molar-refractivity contribution in [3.05, 3.63) is 36.4 Å². The van der Waals surface area contributed by atoms with Gasteiger partial charge >= 0.3 is 0 Å². The molecule has 0 spiro atoms. The fourth-order valence-corrected chi connectivity index (χ4v) is 2.46. The van der Waals surface area contributed by atoms with Gasteiger partial charge in [-0.2, -0.15) is 0 Å². The van der Waals surface area contributed by atoms with Gasteiger partial charge in [0.1, 0.15) is 0 Å². The monoisotopic (exact) mass is 203 g/mol. The molecule has 0 amide bonds. The van der Waals surface area contributed by atoms with Crippen LogP contribution in [0, 0.1) is 0 Å². The molecule has 72 valence electrons. The van der Waals surface area contributed by atoms with Crippen LogP contribution in [0.5, 0.6) is 0 Å². The molecule has 0 fully saturated rings. The fourth-order valence-electron chi connectivity index (χ4n) is 1.66. The molecule has 2 aromatic rings. The summed E-state index contributed by atoms with van der Waals surface area (Å²) in [7, 11) is 1.96.